The fourth-order valence-electron chi connectivity index (χ4n) is 0.910. The average Bonchev–Trinajstić information content (AvgIpc) is 2.08. The molecule has 0 bridgehead atoms. The summed E-state index contributed by atoms with van der Waals surface area (Å²) in [4.78, 5) is 13.3. The van der Waals surface area contributed by atoms with Crippen LogP contribution < -0.4 is 16.0 Å². The van der Waals surface area contributed by atoms with Crippen LogP contribution in [-0.4, -0.2) is 11.3 Å². The van der Waals surface area contributed by atoms with Crippen LogP contribution in [0.2, 0.25) is 0 Å². The van der Waals surface area contributed by atoms with Gasteiger partial charge in [-0.2, -0.15) is 0 Å². The third-order valence-corrected chi connectivity index (χ3v) is 2.63. The van der Waals surface area contributed by atoms with Crippen LogP contribution in [0, 0.1) is 3.57 Å². The van der Waals surface area contributed by atoms with E-state index in [9.17, 15) is 18.0 Å². The van der Waals surface area contributed by atoms with Gasteiger partial charge in [-0.15, -0.1) is 13.2 Å². The van der Waals surface area contributed by atoms with E-state index in [1.807, 2.05) is 0 Å². The van der Waals surface area contributed by atoms with Crippen molar-refractivity contribution >= 4 is 22.6 Å². The summed E-state index contributed by atoms with van der Waals surface area (Å²) in [5.41, 5.74) is 4.77. The second-order valence-corrected chi connectivity index (χ2v) is 3.62. The average molecular weight is 334 g/mol. The Balaban J connectivity index is 3.18. The smallest absolute Gasteiger partial charge is 0.404 e. The zero-order valence-corrected chi connectivity index (χ0v) is 9.35. The van der Waals surface area contributed by atoms with E-state index >= 15 is 0 Å². The molecule has 0 aliphatic rings. The lowest BCUT2D eigenvalue weighted by Gasteiger charge is -2.11. The van der Waals surface area contributed by atoms with Gasteiger partial charge in [-0.05, 0) is 22.6 Å². The van der Waals surface area contributed by atoms with Crippen molar-refractivity contribution in [2.24, 2.45) is 5.73 Å². The first-order valence-corrected chi connectivity index (χ1v) is 4.79. The molecule has 1 aromatic rings. The van der Waals surface area contributed by atoms with Gasteiger partial charge in [-0.25, -0.2) is 0 Å². The molecule has 84 valence electrons. The molecule has 0 spiro atoms. The highest BCUT2D eigenvalue weighted by atomic mass is 127. The van der Waals surface area contributed by atoms with Crippen LogP contribution in [0.4, 0.5) is 13.2 Å². The molecule has 0 unspecified atom stereocenters. The van der Waals surface area contributed by atoms with Gasteiger partial charge in [0, 0.05) is 18.3 Å². The van der Waals surface area contributed by atoms with Crippen LogP contribution in [0.25, 0.3) is 0 Å². The predicted octanol–water partition coefficient (Wildman–Crippen LogP) is 1.34. The zero-order valence-electron chi connectivity index (χ0n) is 7.19. The summed E-state index contributed by atoms with van der Waals surface area (Å²) in [6, 6.07) is 0.731. The van der Waals surface area contributed by atoms with Gasteiger partial charge in [0.1, 0.15) is 5.75 Å². The van der Waals surface area contributed by atoms with Crippen LogP contribution in [0.15, 0.2) is 10.9 Å². The number of hydrogen-bond acceptors (Lipinski definition) is 3. The highest BCUT2D eigenvalue weighted by Gasteiger charge is 2.32. The normalized spacial score (nSPS) is 11.5. The molecular formula is C7H6F3IN2O2. The Morgan fingerprint density at radius 2 is 2.13 bits per heavy atom. The van der Waals surface area contributed by atoms with Crippen molar-refractivity contribution in [1.29, 1.82) is 0 Å². The van der Waals surface area contributed by atoms with E-state index < -0.39 is 17.7 Å². The monoisotopic (exact) mass is 334 g/mol. The summed E-state index contributed by atoms with van der Waals surface area (Å²) < 4.78 is 39.6. The van der Waals surface area contributed by atoms with E-state index in [0.29, 0.717) is 0 Å². The van der Waals surface area contributed by atoms with Gasteiger partial charge in [0.15, 0.2) is 0 Å². The van der Waals surface area contributed by atoms with Gasteiger partial charge in [0.2, 0.25) is 0 Å². The first-order valence-electron chi connectivity index (χ1n) is 3.71. The number of alkyl halides is 3. The molecule has 4 nitrogen and oxygen atoms in total. The lowest BCUT2D eigenvalue weighted by molar-refractivity contribution is -0.275. The Bertz CT molecular complexity index is 416. The molecule has 8 heteroatoms. The van der Waals surface area contributed by atoms with Gasteiger partial charge in [-0.3, -0.25) is 4.79 Å². The number of rotatable bonds is 2. The molecule has 0 aromatic carbocycles. The van der Waals surface area contributed by atoms with Crippen molar-refractivity contribution in [3.8, 4) is 5.75 Å². The minimum atomic E-state index is -4.82. The molecule has 0 atom stereocenters. The quantitative estimate of drug-likeness (QED) is 0.802. The molecule has 3 N–H and O–H groups in total. The predicted molar refractivity (Wildman–Crippen MR) is 54.4 cm³/mol. The summed E-state index contributed by atoms with van der Waals surface area (Å²) >= 11 is 1.62. The molecular weight excluding hydrogens is 328 g/mol. The molecule has 0 amide bonds. The number of H-pyrrole nitrogens is 1. The topological polar surface area (TPSA) is 68.1 Å². The maximum atomic E-state index is 11.9. The van der Waals surface area contributed by atoms with Crippen LogP contribution in [0.1, 0.15) is 5.69 Å². The number of aromatic amines is 1. The van der Waals surface area contributed by atoms with Crippen molar-refractivity contribution < 1.29 is 17.9 Å². The molecule has 0 saturated heterocycles. The first-order chi connectivity index (χ1) is 6.83. The number of ether oxygens (including phenoxy) is 1. The van der Waals surface area contributed by atoms with Gasteiger partial charge < -0.3 is 15.5 Å². The van der Waals surface area contributed by atoms with Crippen LogP contribution in [0.3, 0.4) is 0 Å². The highest BCUT2D eigenvalue weighted by Crippen LogP contribution is 2.27. The van der Waals surface area contributed by atoms with E-state index in [1.54, 1.807) is 22.6 Å². The van der Waals surface area contributed by atoms with Crippen molar-refractivity contribution in [3.63, 3.8) is 0 Å². The molecule has 1 heterocycles. The second kappa shape index (κ2) is 4.39. The fraction of sp³-hybridized carbons (Fsp3) is 0.286. The van der Waals surface area contributed by atoms with E-state index in [2.05, 4.69) is 9.72 Å². The van der Waals surface area contributed by atoms with Gasteiger partial charge in [0.25, 0.3) is 5.56 Å². The number of aromatic nitrogens is 1. The lowest BCUT2D eigenvalue weighted by Crippen LogP contribution is -2.21. The van der Waals surface area contributed by atoms with E-state index in [-0.39, 0.29) is 15.8 Å². The maximum Gasteiger partial charge on any atom is 0.573 e. The molecule has 0 saturated carbocycles. The summed E-state index contributed by atoms with van der Waals surface area (Å²) in [5, 5.41) is 0. The molecule has 0 aliphatic heterocycles. The van der Waals surface area contributed by atoms with Crippen LogP contribution >= 0.6 is 22.6 Å². The van der Waals surface area contributed by atoms with Crippen LogP contribution in [0.5, 0.6) is 5.75 Å². The number of nitrogens with one attached hydrogen (secondary N) is 1. The largest absolute Gasteiger partial charge is 0.573 e. The van der Waals surface area contributed by atoms with E-state index in [4.69, 9.17) is 5.73 Å². The minimum Gasteiger partial charge on any atom is -0.404 e. The number of pyridine rings is 1. The maximum absolute atomic E-state index is 11.9. The summed E-state index contributed by atoms with van der Waals surface area (Å²) in [7, 11) is 0. The Morgan fingerprint density at radius 1 is 1.53 bits per heavy atom. The molecule has 0 aliphatic carbocycles. The molecule has 0 fully saturated rings. The summed E-state index contributed by atoms with van der Waals surface area (Å²) in [6.07, 6.45) is -4.82. The number of hydrogen-bond donors (Lipinski definition) is 2. The zero-order chi connectivity index (χ0) is 11.6. The first kappa shape index (κ1) is 12.3. The van der Waals surface area contributed by atoms with Gasteiger partial charge in [-0.1, -0.05) is 0 Å². The van der Waals surface area contributed by atoms with Gasteiger partial charge >= 0.3 is 6.36 Å². The number of nitrogens with two attached hydrogens (primary N) is 1. The second-order valence-electron chi connectivity index (χ2n) is 2.54. The van der Waals surface area contributed by atoms with Crippen molar-refractivity contribution in [1.82, 2.24) is 4.98 Å². The lowest BCUT2D eigenvalue weighted by atomic mass is 10.3. The SMILES string of the molecule is NCc1[nH]c(=O)cc(OC(F)(F)F)c1I. The fourth-order valence-corrected chi connectivity index (χ4v) is 1.53. The summed E-state index contributed by atoms with van der Waals surface area (Å²) in [6.45, 7) is -0.0669. The van der Waals surface area contributed by atoms with E-state index in [1.165, 1.54) is 0 Å². The Morgan fingerprint density at radius 3 is 2.60 bits per heavy atom. The highest BCUT2D eigenvalue weighted by molar-refractivity contribution is 14.1. The Hall–Kier alpha value is -0.770. The van der Waals surface area contributed by atoms with Crippen molar-refractivity contribution in [2.75, 3.05) is 0 Å². The van der Waals surface area contributed by atoms with E-state index in [0.717, 1.165) is 6.07 Å². The third-order valence-electron chi connectivity index (χ3n) is 1.45. The van der Waals surface area contributed by atoms with Crippen molar-refractivity contribution in [3.05, 3.63) is 25.7 Å². The number of halogens is 4. The van der Waals surface area contributed by atoms with Gasteiger partial charge in [0.05, 0.1) is 3.57 Å². The third kappa shape index (κ3) is 3.38. The summed E-state index contributed by atoms with van der Waals surface area (Å²) in [5.74, 6) is -0.535. The minimum absolute atomic E-state index is 0.0669. The van der Waals surface area contributed by atoms with Crippen LogP contribution in [-0.2, 0) is 6.54 Å². The Kier molecular flexibility index (Phi) is 3.60. The molecule has 1 rings (SSSR count). The standard InChI is InChI=1S/C7H6F3IN2O2/c8-7(9,10)15-4-1-5(14)13-3(2-12)6(4)11/h1H,2,12H2,(H,13,14). The van der Waals surface area contributed by atoms with Crippen molar-refractivity contribution in [2.45, 2.75) is 12.9 Å². The Labute approximate surface area is 95.8 Å². The molecule has 1 aromatic heterocycles. The molecule has 0 radical (unpaired) electrons. The molecule has 15 heavy (non-hydrogen) atoms.